The van der Waals surface area contributed by atoms with Crippen molar-refractivity contribution in [3.63, 3.8) is 0 Å². The van der Waals surface area contributed by atoms with Gasteiger partial charge >= 0.3 is 6.18 Å². The molecule has 0 amide bonds. The minimum atomic E-state index is -4.23. The molecule has 3 aromatic heterocycles. The van der Waals surface area contributed by atoms with Gasteiger partial charge in [0.15, 0.2) is 11.5 Å². The van der Waals surface area contributed by atoms with E-state index < -0.39 is 12.6 Å². The Morgan fingerprint density at radius 2 is 1.94 bits per heavy atom. The van der Waals surface area contributed by atoms with Gasteiger partial charge in [0.05, 0.1) is 12.1 Å². The molecule has 0 bridgehead atoms. The van der Waals surface area contributed by atoms with E-state index in [1.807, 2.05) is 18.9 Å². The number of nitrogens with zero attached hydrogens (tertiary/aromatic N) is 6. The van der Waals surface area contributed by atoms with Crippen LogP contribution in [0.25, 0.3) is 11.0 Å². The fourth-order valence-electron chi connectivity index (χ4n) is 4.48. The van der Waals surface area contributed by atoms with Crippen LogP contribution in [0, 0.1) is 19.8 Å². The highest BCUT2D eigenvalue weighted by atomic mass is 19.4. The second-order valence-corrected chi connectivity index (χ2v) is 9.35. The third kappa shape index (κ3) is 5.97. The SMILES string of the molecule is CCN(CC1CCC1)c1nc2c(cc1CN(C/C=C/CC(F)(F)F)c1cc(C)on1)c(C)nn2C. The van der Waals surface area contributed by atoms with E-state index in [1.54, 1.807) is 17.7 Å². The van der Waals surface area contributed by atoms with E-state index in [0.29, 0.717) is 24.0 Å². The summed E-state index contributed by atoms with van der Waals surface area (Å²) in [4.78, 5) is 9.28. The van der Waals surface area contributed by atoms with Crippen LogP contribution in [0.5, 0.6) is 0 Å². The van der Waals surface area contributed by atoms with E-state index in [9.17, 15) is 13.2 Å². The Labute approximate surface area is 203 Å². The number of aromatic nitrogens is 4. The van der Waals surface area contributed by atoms with Gasteiger partial charge in [-0.2, -0.15) is 18.3 Å². The first kappa shape index (κ1) is 25.1. The summed E-state index contributed by atoms with van der Waals surface area (Å²) in [5.74, 6) is 2.77. The molecule has 0 atom stereocenters. The zero-order chi connectivity index (χ0) is 25.2. The second kappa shape index (κ2) is 10.3. The minimum Gasteiger partial charge on any atom is -0.360 e. The normalized spacial score (nSPS) is 14.7. The molecule has 35 heavy (non-hydrogen) atoms. The predicted molar refractivity (Wildman–Crippen MR) is 131 cm³/mol. The lowest BCUT2D eigenvalue weighted by molar-refractivity contribution is -0.125. The van der Waals surface area contributed by atoms with Crippen molar-refractivity contribution in [2.45, 2.75) is 59.2 Å². The molecule has 10 heteroatoms. The maximum absolute atomic E-state index is 12.6. The summed E-state index contributed by atoms with van der Waals surface area (Å²) in [6, 6.07) is 3.91. The van der Waals surface area contributed by atoms with Gasteiger partial charge < -0.3 is 14.3 Å². The van der Waals surface area contributed by atoms with Crippen molar-refractivity contribution < 1.29 is 17.7 Å². The molecule has 0 spiro atoms. The van der Waals surface area contributed by atoms with Gasteiger partial charge in [-0.3, -0.25) is 4.68 Å². The highest BCUT2D eigenvalue weighted by Gasteiger charge is 2.26. The highest BCUT2D eigenvalue weighted by molar-refractivity contribution is 5.81. The molecule has 0 aromatic carbocycles. The van der Waals surface area contributed by atoms with Crippen molar-refractivity contribution in [2.24, 2.45) is 13.0 Å². The molecule has 190 valence electrons. The van der Waals surface area contributed by atoms with E-state index in [-0.39, 0.29) is 6.54 Å². The Balaban J connectivity index is 1.70. The van der Waals surface area contributed by atoms with E-state index in [0.717, 1.165) is 47.3 Å². The molecule has 1 aliphatic carbocycles. The zero-order valence-corrected chi connectivity index (χ0v) is 20.8. The number of allylic oxidation sites excluding steroid dienone is 1. The average molecular weight is 491 g/mol. The number of aryl methyl sites for hydroxylation is 3. The highest BCUT2D eigenvalue weighted by Crippen LogP contribution is 2.32. The monoisotopic (exact) mass is 490 g/mol. The molecule has 3 aromatic rings. The molecule has 4 rings (SSSR count). The molecular formula is C25H33F3N6O. The number of alkyl halides is 3. The summed E-state index contributed by atoms with van der Waals surface area (Å²) in [7, 11) is 1.89. The van der Waals surface area contributed by atoms with Crippen LogP contribution in [-0.2, 0) is 13.6 Å². The van der Waals surface area contributed by atoms with Crippen molar-refractivity contribution in [3.05, 3.63) is 41.3 Å². The van der Waals surface area contributed by atoms with Gasteiger partial charge in [-0.15, -0.1) is 0 Å². The van der Waals surface area contributed by atoms with E-state index in [1.165, 1.54) is 25.3 Å². The van der Waals surface area contributed by atoms with E-state index in [4.69, 9.17) is 9.51 Å². The fraction of sp³-hybridized carbons (Fsp3) is 0.560. The van der Waals surface area contributed by atoms with Crippen LogP contribution in [0.3, 0.4) is 0 Å². The number of halogens is 3. The number of pyridine rings is 1. The summed E-state index contributed by atoms with van der Waals surface area (Å²) in [5, 5.41) is 9.65. The largest absolute Gasteiger partial charge is 0.392 e. The molecule has 1 aliphatic rings. The maximum atomic E-state index is 12.6. The fourth-order valence-corrected chi connectivity index (χ4v) is 4.48. The van der Waals surface area contributed by atoms with Crippen LogP contribution in [-0.4, -0.2) is 45.7 Å². The number of hydrogen-bond acceptors (Lipinski definition) is 6. The van der Waals surface area contributed by atoms with Crippen LogP contribution >= 0.6 is 0 Å². The molecule has 1 saturated carbocycles. The topological polar surface area (TPSA) is 63.2 Å². The van der Waals surface area contributed by atoms with Crippen molar-refractivity contribution in [2.75, 3.05) is 29.4 Å². The Kier molecular flexibility index (Phi) is 7.37. The van der Waals surface area contributed by atoms with Crippen LogP contribution in [0.1, 0.15) is 49.6 Å². The molecule has 7 nitrogen and oxygen atoms in total. The lowest BCUT2D eigenvalue weighted by Gasteiger charge is -2.34. The number of hydrogen-bond donors (Lipinski definition) is 0. The van der Waals surface area contributed by atoms with Gasteiger partial charge in [-0.05, 0) is 45.6 Å². The van der Waals surface area contributed by atoms with Crippen LogP contribution in [0.15, 0.2) is 28.8 Å². The molecule has 0 saturated heterocycles. The van der Waals surface area contributed by atoms with E-state index in [2.05, 4.69) is 28.1 Å². The summed E-state index contributed by atoms with van der Waals surface area (Å²) < 4.78 is 45.0. The predicted octanol–water partition coefficient (Wildman–Crippen LogP) is 5.71. The van der Waals surface area contributed by atoms with Gasteiger partial charge in [0.1, 0.15) is 11.6 Å². The van der Waals surface area contributed by atoms with Crippen molar-refractivity contribution in [1.29, 1.82) is 0 Å². The molecule has 0 aliphatic heterocycles. The third-order valence-corrected chi connectivity index (χ3v) is 6.58. The quantitative estimate of drug-likeness (QED) is 0.339. The first-order valence-corrected chi connectivity index (χ1v) is 12.1. The van der Waals surface area contributed by atoms with Crippen LogP contribution in [0.4, 0.5) is 24.8 Å². The molecular weight excluding hydrogens is 457 g/mol. The molecule has 0 unspecified atom stereocenters. The van der Waals surface area contributed by atoms with Crippen LogP contribution in [0.2, 0.25) is 0 Å². The molecule has 1 fully saturated rings. The number of anilines is 2. The zero-order valence-electron chi connectivity index (χ0n) is 20.8. The van der Waals surface area contributed by atoms with Crippen molar-refractivity contribution in [1.82, 2.24) is 19.9 Å². The first-order valence-electron chi connectivity index (χ1n) is 12.1. The Morgan fingerprint density at radius 1 is 1.17 bits per heavy atom. The van der Waals surface area contributed by atoms with Gasteiger partial charge in [0.25, 0.3) is 0 Å². The van der Waals surface area contributed by atoms with Gasteiger partial charge in [-0.25, -0.2) is 4.98 Å². The number of fused-ring (bicyclic) bond motifs is 1. The molecule has 0 radical (unpaired) electrons. The van der Waals surface area contributed by atoms with E-state index >= 15 is 0 Å². The lowest BCUT2D eigenvalue weighted by Crippen LogP contribution is -2.34. The smallest absolute Gasteiger partial charge is 0.360 e. The first-order chi connectivity index (χ1) is 16.6. The summed E-state index contributed by atoms with van der Waals surface area (Å²) >= 11 is 0. The van der Waals surface area contributed by atoms with Gasteiger partial charge in [0, 0.05) is 50.2 Å². The maximum Gasteiger partial charge on any atom is 0.392 e. The Bertz CT molecular complexity index is 1180. The summed E-state index contributed by atoms with van der Waals surface area (Å²) in [5.41, 5.74) is 2.70. The summed E-state index contributed by atoms with van der Waals surface area (Å²) in [6.07, 6.45) is 1.23. The van der Waals surface area contributed by atoms with Crippen LogP contribution < -0.4 is 9.80 Å². The Hall–Kier alpha value is -3.04. The minimum absolute atomic E-state index is 0.264. The van der Waals surface area contributed by atoms with Gasteiger partial charge in [-0.1, -0.05) is 23.7 Å². The van der Waals surface area contributed by atoms with Crippen molar-refractivity contribution >= 4 is 22.7 Å². The number of rotatable bonds is 10. The lowest BCUT2D eigenvalue weighted by atomic mass is 9.85. The molecule has 0 N–H and O–H groups in total. The average Bonchev–Trinajstić information content (AvgIpc) is 3.31. The second-order valence-electron chi connectivity index (χ2n) is 9.35. The van der Waals surface area contributed by atoms with Gasteiger partial charge in [0.2, 0.25) is 0 Å². The molecule has 3 heterocycles. The Morgan fingerprint density at radius 3 is 2.54 bits per heavy atom. The third-order valence-electron chi connectivity index (χ3n) is 6.58. The standard InChI is InChI=1S/C25H33F3N6O/c1-5-33(15-19-9-8-10-19)23-20(14-21-18(3)30-32(4)24(21)29-23)16-34(22-13-17(2)35-31-22)12-7-6-11-25(26,27)28/h6-7,13-14,19H,5,8-12,15-16H2,1-4H3/b7-6+. The van der Waals surface area contributed by atoms with Crippen molar-refractivity contribution in [3.8, 4) is 0 Å². The summed E-state index contributed by atoms with van der Waals surface area (Å²) in [6.45, 7) is 8.32.